The van der Waals surface area contributed by atoms with Crippen molar-refractivity contribution in [3.63, 3.8) is 0 Å². The number of nitrogens with zero attached hydrogens (tertiary/aromatic N) is 1. The van der Waals surface area contributed by atoms with Gasteiger partial charge in [0.25, 0.3) is 11.6 Å². The van der Waals surface area contributed by atoms with Gasteiger partial charge >= 0.3 is 5.97 Å². The molecular formula is C19H20N2O5. The quantitative estimate of drug-likeness (QED) is 0.626. The van der Waals surface area contributed by atoms with Crippen LogP contribution in [0.3, 0.4) is 0 Å². The Labute approximate surface area is 150 Å². The van der Waals surface area contributed by atoms with Gasteiger partial charge in [0, 0.05) is 22.9 Å². The molecule has 7 nitrogen and oxygen atoms in total. The van der Waals surface area contributed by atoms with Gasteiger partial charge in [-0.25, -0.2) is 0 Å². The highest BCUT2D eigenvalue weighted by molar-refractivity contribution is 6.04. The summed E-state index contributed by atoms with van der Waals surface area (Å²) in [6.07, 6.45) is -0.157. The van der Waals surface area contributed by atoms with E-state index in [0.717, 1.165) is 0 Å². The van der Waals surface area contributed by atoms with Crippen molar-refractivity contribution in [1.29, 1.82) is 0 Å². The first-order chi connectivity index (χ1) is 12.1. The van der Waals surface area contributed by atoms with Crippen molar-refractivity contribution in [2.75, 3.05) is 5.32 Å². The summed E-state index contributed by atoms with van der Waals surface area (Å²) < 4.78 is 0. The monoisotopic (exact) mass is 356 g/mol. The Morgan fingerprint density at radius 1 is 1.15 bits per heavy atom. The highest BCUT2D eigenvalue weighted by Gasteiger charge is 2.26. The second-order valence-corrected chi connectivity index (χ2v) is 6.96. The van der Waals surface area contributed by atoms with Gasteiger partial charge in [0.15, 0.2) is 0 Å². The zero-order chi connectivity index (χ0) is 19.5. The number of hydrogen-bond acceptors (Lipinski definition) is 4. The molecule has 0 aliphatic heterocycles. The molecular weight excluding hydrogens is 336 g/mol. The van der Waals surface area contributed by atoms with Gasteiger partial charge in [0.1, 0.15) is 0 Å². The number of nitrogens with one attached hydrogen (secondary N) is 1. The smallest absolute Gasteiger partial charge is 0.307 e. The maximum Gasteiger partial charge on any atom is 0.307 e. The van der Waals surface area contributed by atoms with Crippen LogP contribution in [0.2, 0.25) is 0 Å². The Morgan fingerprint density at radius 2 is 1.85 bits per heavy atom. The van der Waals surface area contributed by atoms with Crippen molar-refractivity contribution in [3.05, 3.63) is 69.3 Å². The Bertz CT molecular complexity index is 868. The highest BCUT2D eigenvalue weighted by atomic mass is 16.6. The molecule has 0 unspecified atom stereocenters. The van der Waals surface area contributed by atoms with Gasteiger partial charge in [-0.15, -0.1) is 0 Å². The van der Waals surface area contributed by atoms with Gasteiger partial charge in [-0.2, -0.15) is 0 Å². The molecule has 2 aromatic rings. The van der Waals surface area contributed by atoms with E-state index in [9.17, 15) is 19.7 Å². The lowest BCUT2D eigenvalue weighted by atomic mass is 9.85. The number of benzene rings is 2. The van der Waals surface area contributed by atoms with Crippen LogP contribution in [-0.2, 0) is 16.6 Å². The van der Waals surface area contributed by atoms with E-state index in [2.05, 4.69) is 5.32 Å². The Hall–Kier alpha value is -3.22. The van der Waals surface area contributed by atoms with Crippen molar-refractivity contribution in [2.45, 2.75) is 32.6 Å². The topological polar surface area (TPSA) is 110 Å². The number of nitro benzene ring substituents is 1. The molecule has 136 valence electrons. The Morgan fingerprint density at radius 3 is 2.42 bits per heavy atom. The van der Waals surface area contributed by atoms with Crippen molar-refractivity contribution < 1.29 is 19.6 Å². The minimum Gasteiger partial charge on any atom is -0.481 e. The average Bonchev–Trinajstić information content (AvgIpc) is 2.53. The minimum absolute atomic E-state index is 0.107. The summed E-state index contributed by atoms with van der Waals surface area (Å²) in [7, 11) is 0. The van der Waals surface area contributed by atoms with Crippen LogP contribution in [-0.4, -0.2) is 21.9 Å². The van der Waals surface area contributed by atoms with Gasteiger partial charge in [-0.1, -0.05) is 39.0 Å². The zero-order valence-electron chi connectivity index (χ0n) is 14.8. The number of carboxylic acids is 1. The highest BCUT2D eigenvalue weighted by Crippen LogP contribution is 2.32. The lowest BCUT2D eigenvalue weighted by molar-refractivity contribution is -0.386. The third-order valence-corrected chi connectivity index (χ3v) is 3.80. The standard InChI is InChI=1S/C19H20N2O5/c1-19(2,3)15-8-7-13(11-16(15)21(25)26)18(24)20-14-6-4-5-12(9-14)10-17(22)23/h4-9,11H,10H2,1-3H3,(H,20,24)(H,22,23). The first-order valence-electron chi connectivity index (χ1n) is 7.99. The Kier molecular flexibility index (Phi) is 5.40. The van der Waals surface area contributed by atoms with E-state index in [1.165, 1.54) is 6.07 Å². The normalized spacial score (nSPS) is 11.0. The summed E-state index contributed by atoms with van der Waals surface area (Å²) in [5.74, 6) is -1.47. The van der Waals surface area contributed by atoms with E-state index in [1.54, 1.807) is 36.4 Å². The molecule has 0 saturated heterocycles. The average molecular weight is 356 g/mol. The first kappa shape index (κ1) is 19.1. The fraction of sp³-hybridized carbons (Fsp3) is 0.263. The maximum atomic E-state index is 12.4. The number of hydrogen-bond donors (Lipinski definition) is 2. The van der Waals surface area contributed by atoms with Gasteiger partial charge < -0.3 is 10.4 Å². The van der Waals surface area contributed by atoms with Crippen LogP contribution >= 0.6 is 0 Å². The predicted molar refractivity (Wildman–Crippen MR) is 97.5 cm³/mol. The summed E-state index contributed by atoms with van der Waals surface area (Å²) in [5.41, 5.74) is 1.14. The number of anilines is 1. The fourth-order valence-electron chi connectivity index (χ4n) is 2.60. The lowest BCUT2D eigenvalue weighted by Crippen LogP contribution is -2.16. The van der Waals surface area contributed by atoms with Crippen LogP contribution in [0.4, 0.5) is 11.4 Å². The van der Waals surface area contributed by atoms with Crippen LogP contribution in [0.5, 0.6) is 0 Å². The number of carbonyl (C=O) groups excluding carboxylic acids is 1. The number of aliphatic carboxylic acids is 1. The van der Waals surface area contributed by atoms with Crippen molar-refractivity contribution in [2.24, 2.45) is 0 Å². The summed E-state index contributed by atoms with van der Waals surface area (Å²) in [4.78, 5) is 34.1. The van der Waals surface area contributed by atoms with E-state index in [0.29, 0.717) is 16.8 Å². The molecule has 1 amide bonds. The van der Waals surface area contributed by atoms with E-state index >= 15 is 0 Å². The molecule has 0 fully saturated rings. The van der Waals surface area contributed by atoms with Crippen molar-refractivity contribution in [1.82, 2.24) is 0 Å². The molecule has 0 bridgehead atoms. The van der Waals surface area contributed by atoms with Gasteiger partial charge in [0.2, 0.25) is 0 Å². The maximum absolute atomic E-state index is 12.4. The van der Waals surface area contributed by atoms with Gasteiger partial charge in [-0.3, -0.25) is 19.7 Å². The van der Waals surface area contributed by atoms with Gasteiger partial charge in [-0.05, 0) is 29.2 Å². The molecule has 0 heterocycles. The summed E-state index contributed by atoms with van der Waals surface area (Å²) in [5, 5.41) is 22.8. The van der Waals surface area contributed by atoms with Gasteiger partial charge in [0.05, 0.1) is 11.3 Å². The first-order valence-corrected chi connectivity index (χ1v) is 7.99. The lowest BCUT2D eigenvalue weighted by Gasteiger charge is -2.19. The second kappa shape index (κ2) is 7.35. The third kappa shape index (κ3) is 4.66. The molecule has 2 N–H and O–H groups in total. The number of nitro groups is 1. The number of rotatable bonds is 5. The van der Waals surface area contributed by atoms with Crippen LogP contribution < -0.4 is 5.32 Å². The molecule has 2 aromatic carbocycles. The van der Waals surface area contributed by atoms with Crippen LogP contribution in [0.15, 0.2) is 42.5 Å². The zero-order valence-corrected chi connectivity index (χ0v) is 14.8. The summed E-state index contributed by atoms with van der Waals surface area (Å²) in [6.45, 7) is 5.59. The second-order valence-electron chi connectivity index (χ2n) is 6.96. The summed E-state index contributed by atoms with van der Waals surface area (Å²) >= 11 is 0. The van der Waals surface area contributed by atoms with Crippen LogP contribution in [0.1, 0.15) is 42.3 Å². The Balaban J connectivity index is 2.29. The third-order valence-electron chi connectivity index (χ3n) is 3.80. The van der Waals surface area contributed by atoms with Crippen LogP contribution in [0.25, 0.3) is 0 Å². The van der Waals surface area contributed by atoms with E-state index in [1.807, 2.05) is 20.8 Å². The molecule has 0 spiro atoms. The molecule has 0 aliphatic rings. The molecule has 26 heavy (non-hydrogen) atoms. The molecule has 0 atom stereocenters. The SMILES string of the molecule is CC(C)(C)c1ccc(C(=O)Nc2cccc(CC(=O)O)c2)cc1[N+](=O)[O-]. The number of carbonyl (C=O) groups is 2. The van der Waals surface area contributed by atoms with Crippen LogP contribution in [0, 0.1) is 10.1 Å². The molecule has 0 aromatic heterocycles. The van der Waals surface area contributed by atoms with E-state index in [4.69, 9.17) is 5.11 Å². The minimum atomic E-state index is -0.970. The molecule has 0 saturated carbocycles. The number of carboxylic acid groups (broad SMARTS) is 1. The molecule has 2 rings (SSSR count). The van der Waals surface area contributed by atoms with Crippen molar-refractivity contribution in [3.8, 4) is 0 Å². The largest absolute Gasteiger partial charge is 0.481 e. The van der Waals surface area contributed by atoms with E-state index in [-0.39, 0.29) is 17.7 Å². The fourth-order valence-corrected chi connectivity index (χ4v) is 2.60. The van der Waals surface area contributed by atoms with Crippen molar-refractivity contribution >= 4 is 23.3 Å². The van der Waals surface area contributed by atoms with E-state index < -0.39 is 22.2 Å². The molecule has 7 heteroatoms. The molecule has 0 aliphatic carbocycles. The number of amides is 1. The predicted octanol–water partition coefficient (Wildman–Crippen LogP) is 3.77. The summed E-state index contributed by atoms with van der Waals surface area (Å²) in [6, 6.07) is 10.9. The molecule has 0 radical (unpaired) electrons.